The summed E-state index contributed by atoms with van der Waals surface area (Å²) < 4.78 is 0. The van der Waals surface area contributed by atoms with Gasteiger partial charge in [0.2, 0.25) is 0 Å². The summed E-state index contributed by atoms with van der Waals surface area (Å²) in [6, 6.07) is 0.398. The van der Waals surface area contributed by atoms with Gasteiger partial charge in [-0.2, -0.15) is 5.10 Å². The number of hydrogen-bond donors (Lipinski definition) is 2. The maximum absolute atomic E-state index is 12.6. The zero-order valence-electron chi connectivity index (χ0n) is 11.6. The van der Waals surface area contributed by atoms with E-state index in [1.54, 1.807) is 0 Å². The molecule has 0 aromatic carbocycles. The summed E-state index contributed by atoms with van der Waals surface area (Å²) in [4.78, 5) is 14.6. The van der Waals surface area contributed by atoms with Crippen molar-refractivity contribution in [2.24, 2.45) is 5.92 Å². The Balaban J connectivity index is 1.81. The summed E-state index contributed by atoms with van der Waals surface area (Å²) in [5.74, 6) is 0.956. The molecule has 0 atom stereocenters. The highest BCUT2D eigenvalue weighted by Crippen LogP contribution is 2.42. The lowest BCUT2D eigenvalue weighted by Gasteiger charge is -2.23. The largest absolute Gasteiger partial charge is 0.395 e. The van der Waals surface area contributed by atoms with Gasteiger partial charge in [0.05, 0.1) is 11.4 Å². The van der Waals surface area contributed by atoms with Crippen molar-refractivity contribution in [3.63, 3.8) is 0 Å². The van der Waals surface area contributed by atoms with Crippen molar-refractivity contribution >= 4 is 11.6 Å². The summed E-state index contributed by atoms with van der Waals surface area (Å²) in [7, 11) is 0. The third-order valence-electron chi connectivity index (χ3n) is 3.83. The smallest absolute Gasteiger partial charge is 0.276 e. The van der Waals surface area contributed by atoms with Crippen LogP contribution in [0.2, 0.25) is 0 Å². The molecule has 1 amide bonds. The van der Waals surface area contributed by atoms with Gasteiger partial charge in [0.1, 0.15) is 0 Å². The zero-order chi connectivity index (χ0) is 13.6. The van der Waals surface area contributed by atoms with Crippen LogP contribution in [0.4, 0.5) is 5.69 Å². The van der Waals surface area contributed by atoms with E-state index in [1.807, 2.05) is 4.90 Å². The van der Waals surface area contributed by atoms with Crippen LogP contribution in [0.15, 0.2) is 0 Å². The van der Waals surface area contributed by atoms with Gasteiger partial charge in [0.15, 0.2) is 5.69 Å². The molecule has 1 aromatic heterocycles. The van der Waals surface area contributed by atoms with Gasteiger partial charge in [-0.25, -0.2) is 0 Å². The lowest BCUT2D eigenvalue weighted by atomic mass is 10.1. The third-order valence-corrected chi connectivity index (χ3v) is 3.83. The topological polar surface area (TPSA) is 75.0 Å². The fourth-order valence-corrected chi connectivity index (χ4v) is 2.52. The number of anilines is 1. The number of rotatable bonds is 5. The first kappa shape index (κ1) is 12.5. The minimum absolute atomic E-state index is 0.00292. The van der Waals surface area contributed by atoms with Crippen molar-refractivity contribution < 1.29 is 4.79 Å². The number of amides is 1. The van der Waals surface area contributed by atoms with E-state index in [4.69, 9.17) is 5.73 Å². The molecular formula is C14H22N4O. The van der Waals surface area contributed by atoms with Gasteiger partial charge in [-0.05, 0) is 31.6 Å². The molecule has 2 aliphatic carbocycles. The maximum atomic E-state index is 12.6. The molecule has 0 bridgehead atoms. The molecule has 1 aromatic rings. The highest BCUT2D eigenvalue weighted by molar-refractivity contribution is 5.98. The van der Waals surface area contributed by atoms with E-state index >= 15 is 0 Å². The molecule has 5 nitrogen and oxygen atoms in total. The van der Waals surface area contributed by atoms with E-state index in [2.05, 4.69) is 24.0 Å². The zero-order valence-corrected chi connectivity index (χ0v) is 11.6. The number of nitrogens with zero attached hydrogens (tertiary/aromatic N) is 2. The second-order valence-electron chi connectivity index (χ2n) is 6.26. The number of aromatic nitrogens is 2. The Labute approximate surface area is 113 Å². The predicted octanol–water partition coefficient (Wildman–Crippen LogP) is 2.13. The number of H-pyrrole nitrogens is 1. The Hall–Kier alpha value is -1.52. The maximum Gasteiger partial charge on any atom is 0.276 e. The molecule has 3 N–H and O–H groups in total. The van der Waals surface area contributed by atoms with Crippen LogP contribution in [0.5, 0.6) is 0 Å². The van der Waals surface area contributed by atoms with Crippen molar-refractivity contribution in [1.29, 1.82) is 0 Å². The molecule has 19 heavy (non-hydrogen) atoms. The van der Waals surface area contributed by atoms with Crippen LogP contribution in [-0.4, -0.2) is 33.6 Å². The van der Waals surface area contributed by atoms with Crippen molar-refractivity contribution in [2.45, 2.75) is 51.5 Å². The number of nitrogen functional groups attached to an aromatic ring is 1. The molecule has 104 valence electrons. The van der Waals surface area contributed by atoms with Crippen LogP contribution in [0.3, 0.4) is 0 Å². The van der Waals surface area contributed by atoms with E-state index in [0.717, 1.165) is 37.9 Å². The second kappa shape index (κ2) is 4.54. The number of carbonyl (C=O) groups excluding carboxylic acids is 1. The summed E-state index contributed by atoms with van der Waals surface area (Å²) in [5, 5.41) is 7.14. The summed E-state index contributed by atoms with van der Waals surface area (Å²) in [5.41, 5.74) is 8.05. The number of aromatic amines is 1. The average Bonchev–Trinajstić information content (AvgIpc) is 3.23. The Kier molecular flexibility index (Phi) is 2.99. The van der Waals surface area contributed by atoms with Gasteiger partial charge in [0, 0.05) is 18.5 Å². The standard InChI is InChI=1S/C14H22N4O/c1-8(2)7-18(10-5-6-10)14(19)13-11(15)12(16-17-13)9-3-4-9/h8-10H,3-7,15H2,1-2H3,(H,16,17). The quantitative estimate of drug-likeness (QED) is 0.853. The average molecular weight is 262 g/mol. The second-order valence-corrected chi connectivity index (χ2v) is 6.26. The number of nitrogens with two attached hydrogens (primary N) is 1. The van der Waals surface area contributed by atoms with E-state index in [1.165, 1.54) is 0 Å². The van der Waals surface area contributed by atoms with E-state index in [9.17, 15) is 4.79 Å². The van der Waals surface area contributed by atoms with Crippen molar-refractivity contribution in [3.05, 3.63) is 11.4 Å². The fraction of sp³-hybridized carbons (Fsp3) is 0.714. The Bertz CT molecular complexity index is 486. The monoisotopic (exact) mass is 262 g/mol. The normalized spacial score (nSPS) is 18.9. The van der Waals surface area contributed by atoms with Gasteiger partial charge < -0.3 is 10.6 Å². The van der Waals surface area contributed by atoms with E-state index in [-0.39, 0.29) is 5.91 Å². The molecule has 0 spiro atoms. The molecular weight excluding hydrogens is 240 g/mol. The molecule has 3 rings (SSSR count). The van der Waals surface area contributed by atoms with Gasteiger partial charge in [-0.15, -0.1) is 0 Å². The van der Waals surface area contributed by atoms with Crippen LogP contribution >= 0.6 is 0 Å². The van der Waals surface area contributed by atoms with E-state index in [0.29, 0.717) is 29.3 Å². The van der Waals surface area contributed by atoms with Crippen LogP contribution in [0.25, 0.3) is 0 Å². The van der Waals surface area contributed by atoms with Crippen LogP contribution in [0.1, 0.15) is 61.6 Å². The number of hydrogen-bond acceptors (Lipinski definition) is 3. The molecule has 2 aliphatic rings. The van der Waals surface area contributed by atoms with Crippen LogP contribution in [0, 0.1) is 5.92 Å². The first-order valence-electron chi connectivity index (χ1n) is 7.22. The first-order chi connectivity index (χ1) is 9.08. The van der Waals surface area contributed by atoms with Gasteiger partial charge in [0.25, 0.3) is 5.91 Å². The molecule has 5 heteroatoms. The third kappa shape index (κ3) is 2.46. The van der Waals surface area contributed by atoms with Crippen LogP contribution in [-0.2, 0) is 0 Å². The first-order valence-corrected chi connectivity index (χ1v) is 7.22. The number of nitrogens with one attached hydrogen (secondary N) is 1. The SMILES string of the molecule is CC(C)CN(C(=O)c1n[nH]c(C2CC2)c1N)C1CC1. The molecule has 2 fully saturated rings. The molecule has 0 radical (unpaired) electrons. The molecule has 2 saturated carbocycles. The Morgan fingerprint density at radius 1 is 1.42 bits per heavy atom. The summed E-state index contributed by atoms with van der Waals surface area (Å²) >= 11 is 0. The molecule has 1 heterocycles. The molecule has 0 unspecified atom stereocenters. The van der Waals surface area contributed by atoms with Crippen molar-refractivity contribution in [3.8, 4) is 0 Å². The summed E-state index contributed by atoms with van der Waals surface area (Å²) in [6.07, 6.45) is 4.52. The molecule has 0 saturated heterocycles. The Morgan fingerprint density at radius 3 is 2.63 bits per heavy atom. The fourth-order valence-electron chi connectivity index (χ4n) is 2.52. The highest BCUT2D eigenvalue weighted by atomic mass is 16.2. The number of carbonyl (C=O) groups is 1. The predicted molar refractivity (Wildman–Crippen MR) is 73.9 cm³/mol. The van der Waals surface area contributed by atoms with E-state index < -0.39 is 0 Å². The van der Waals surface area contributed by atoms with Crippen molar-refractivity contribution in [2.75, 3.05) is 12.3 Å². The van der Waals surface area contributed by atoms with Crippen LogP contribution < -0.4 is 5.73 Å². The minimum Gasteiger partial charge on any atom is -0.395 e. The van der Waals surface area contributed by atoms with Gasteiger partial charge in [-0.3, -0.25) is 9.89 Å². The minimum atomic E-state index is -0.00292. The van der Waals surface area contributed by atoms with Gasteiger partial charge in [-0.1, -0.05) is 13.8 Å². The molecule has 0 aliphatic heterocycles. The van der Waals surface area contributed by atoms with Crippen molar-refractivity contribution in [1.82, 2.24) is 15.1 Å². The lowest BCUT2D eigenvalue weighted by molar-refractivity contribution is 0.0717. The highest BCUT2D eigenvalue weighted by Gasteiger charge is 2.37. The van der Waals surface area contributed by atoms with Gasteiger partial charge >= 0.3 is 0 Å². The lowest BCUT2D eigenvalue weighted by Crippen LogP contribution is -2.36. The summed E-state index contributed by atoms with van der Waals surface area (Å²) in [6.45, 7) is 5.05. The Morgan fingerprint density at radius 2 is 2.11 bits per heavy atom.